The van der Waals surface area contributed by atoms with Gasteiger partial charge >= 0.3 is 0 Å². The average molecular weight is 314 g/mol. The van der Waals surface area contributed by atoms with Crippen LogP contribution in [0.2, 0.25) is 10.0 Å². The van der Waals surface area contributed by atoms with Gasteiger partial charge in [0.1, 0.15) is 0 Å². The highest BCUT2D eigenvalue weighted by molar-refractivity contribution is 6.34. The molecule has 0 fully saturated rings. The lowest BCUT2D eigenvalue weighted by atomic mass is 9.79. The van der Waals surface area contributed by atoms with Crippen LogP contribution in [0.1, 0.15) is 30.4 Å². The van der Waals surface area contributed by atoms with E-state index in [4.69, 9.17) is 34.8 Å². The highest BCUT2D eigenvalue weighted by atomic mass is 35.5. The normalized spacial score (nSPS) is 13.3. The summed E-state index contributed by atoms with van der Waals surface area (Å²) in [7, 11) is 0. The highest BCUT2D eigenvalue weighted by Gasteiger charge is 2.32. The van der Waals surface area contributed by atoms with Crippen molar-refractivity contribution in [2.75, 3.05) is 0 Å². The summed E-state index contributed by atoms with van der Waals surface area (Å²) in [5, 5.41) is 1.04. The Balaban J connectivity index is 2.43. The van der Waals surface area contributed by atoms with Crippen LogP contribution in [0, 0.1) is 0 Å². The molecule has 19 heavy (non-hydrogen) atoms. The third-order valence-corrected chi connectivity index (χ3v) is 4.74. The van der Waals surface area contributed by atoms with Crippen LogP contribution >= 0.6 is 34.8 Å². The standard InChI is InChI=1S/C16H15Cl3/c1-16(2,11-6-4-3-5-7-11)15(19)13-10-12(17)8-9-14(13)18/h3-10,15H,1-2H3. The van der Waals surface area contributed by atoms with E-state index in [1.54, 1.807) is 12.1 Å². The molecule has 3 heteroatoms. The van der Waals surface area contributed by atoms with Crippen LogP contribution in [0.4, 0.5) is 0 Å². The Morgan fingerprint density at radius 1 is 0.947 bits per heavy atom. The maximum Gasteiger partial charge on any atom is 0.0691 e. The molecular weight excluding hydrogens is 299 g/mol. The number of halogens is 3. The Hall–Kier alpha value is -0.690. The predicted octanol–water partition coefficient (Wildman–Crippen LogP) is 6.25. The third kappa shape index (κ3) is 3.08. The van der Waals surface area contributed by atoms with Crippen LogP contribution < -0.4 is 0 Å². The molecule has 0 amide bonds. The number of hydrogen-bond acceptors (Lipinski definition) is 0. The van der Waals surface area contributed by atoms with Gasteiger partial charge in [-0.3, -0.25) is 0 Å². The van der Waals surface area contributed by atoms with Gasteiger partial charge in [-0.2, -0.15) is 0 Å². The zero-order valence-electron chi connectivity index (χ0n) is 10.8. The first kappa shape index (κ1) is 14.7. The molecule has 2 rings (SSSR count). The quantitative estimate of drug-likeness (QED) is 0.587. The lowest BCUT2D eigenvalue weighted by molar-refractivity contribution is 0.504. The Morgan fingerprint density at radius 2 is 1.58 bits per heavy atom. The summed E-state index contributed by atoms with van der Waals surface area (Å²) in [5.74, 6) is 0. The zero-order chi connectivity index (χ0) is 14.0. The van der Waals surface area contributed by atoms with E-state index in [-0.39, 0.29) is 10.8 Å². The van der Waals surface area contributed by atoms with Gasteiger partial charge in [0.15, 0.2) is 0 Å². The van der Waals surface area contributed by atoms with Gasteiger partial charge in [-0.05, 0) is 29.3 Å². The maximum absolute atomic E-state index is 6.67. The minimum atomic E-state index is -0.249. The van der Waals surface area contributed by atoms with Crippen molar-refractivity contribution in [3.8, 4) is 0 Å². The van der Waals surface area contributed by atoms with Crippen molar-refractivity contribution in [2.24, 2.45) is 0 Å². The van der Waals surface area contributed by atoms with E-state index in [0.29, 0.717) is 10.0 Å². The molecule has 0 aliphatic rings. The lowest BCUT2D eigenvalue weighted by Crippen LogP contribution is -2.23. The smallest absolute Gasteiger partial charge is 0.0691 e. The van der Waals surface area contributed by atoms with E-state index in [2.05, 4.69) is 26.0 Å². The third-order valence-electron chi connectivity index (χ3n) is 3.38. The van der Waals surface area contributed by atoms with Gasteiger partial charge in [0.25, 0.3) is 0 Å². The summed E-state index contributed by atoms with van der Waals surface area (Å²) >= 11 is 18.9. The number of rotatable bonds is 3. The zero-order valence-corrected chi connectivity index (χ0v) is 13.1. The van der Waals surface area contributed by atoms with Crippen molar-refractivity contribution in [1.29, 1.82) is 0 Å². The van der Waals surface area contributed by atoms with Gasteiger partial charge in [-0.1, -0.05) is 67.4 Å². The summed E-state index contributed by atoms with van der Waals surface area (Å²) in [4.78, 5) is 0. The molecule has 100 valence electrons. The second-order valence-electron chi connectivity index (χ2n) is 5.12. The molecule has 0 nitrogen and oxygen atoms in total. The molecule has 0 spiro atoms. The Kier molecular flexibility index (Phi) is 4.45. The molecule has 0 heterocycles. The van der Waals surface area contributed by atoms with Gasteiger partial charge in [0.2, 0.25) is 0 Å². The van der Waals surface area contributed by atoms with Crippen LogP contribution in [0.3, 0.4) is 0 Å². The van der Waals surface area contributed by atoms with Gasteiger partial charge in [-0.25, -0.2) is 0 Å². The topological polar surface area (TPSA) is 0 Å². The number of alkyl halides is 1. The molecule has 0 aliphatic carbocycles. The van der Waals surface area contributed by atoms with E-state index < -0.39 is 0 Å². The van der Waals surface area contributed by atoms with Gasteiger partial charge in [0.05, 0.1) is 5.38 Å². The fourth-order valence-corrected chi connectivity index (χ4v) is 2.88. The average Bonchev–Trinajstić information content (AvgIpc) is 2.41. The second kappa shape index (κ2) is 5.75. The maximum atomic E-state index is 6.67. The number of hydrogen-bond donors (Lipinski definition) is 0. The first-order valence-corrected chi connectivity index (χ1v) is 7.26. The monoisotopic (exact) mass is 312 g/mol. The van der Waals surface area contributed by atoms with Crippen LogP contribution in [0.25, 0.3) is 0 Å². The van der Waals surface area contributed by atoms with E-state index in [0.717, 1.165) is 5.56 Å². The molecule has 0 aliphatic heterocycles. The van der Waals surface area contributed by atoms with Crippen LogP contribution in [0.15, 0.2) is 48.5 Å². The summed E-state index contributed by atoms with van der Waals surface area (Å²) in [6.45, 7) is 4.22. The highest BCUT2D eigenvalue weighted by Crippen LogP contribution is 2.44. The van der Waals surface area contributed by atoms with Gasteiger partial charge in [0, 0.05) is 15.5 Å². The molecular formula is C16H15Cl3. The van der Waals surface area contributed by atoms with Crippen LogP contribution in [-0.4, -0.2) is 0 Å². The fourth-order valence-electron chi connectivity index (χ4n) is 2.11. The molecule has 1 unspecified atom stereocenters. The largest absolute Gasteiger partial charge is 0.117 e. The van der Waals surface area contributed by atoms with Crippen LogP contribution in [0.5, 0.6) is 0 Å². The SMILES string of the molecule is CC(C)(c1ccccc1)C(Cl)c1cc(Cl)ccc1Cl. The Bertz CT molecular complexity index is 561. The molecule has 2 aromatic carbocycles. The Morgan fingerprint density at radius 3 is 2.21 bits per heavy atom. The molecule has 0 radical (unpaired) electrons. The second-order valence-corrected chi connectivity index (χ2v) is 6.40. The summed E-state index contributed by atoms with van der Waals surface area (Å²) in [6.07, 6.45) is 0. The molecule has 0 saturated heterocycles. The number of benzene rings is 2. The summed E-state index contributed by atoms with van der Waals surface area (Å²) in [5.41, 5.74) is 1.80. The van der Waals surface area contributed by atoms with Gasteiger partial charge < -0.3 is 0 Å². The molecule has 0 saturated carbocycles. The van der Waals surface area contributed by atoms with Crippen molar-refractivity contribution in [3.05, 3.63) is 69.7 Å². The van der Waals surface area contributed by atoms with Crippen molar-refractivity contribution in [1.82, 2.24) is 0 Å². The van der Waals surface area contributed by atoms with Crippen molar-refractivity contribution in [2.45, 2.75) is 24.6 Å². The fraction of sp³-hybridized carbons (Fsp3) is 0.250. The van der Waals surface area contributed by atoms with Crippen molar-refractivity contribution < 1.29 is 0 Å². The predicted molar refractivity (Wildman–Crippen MR) is 84.5 cm³/mol. The van der Waals surface area contributed by atoms with Crippen molar-refractivity contribution >= 4 is 34.8 Å². The molecule has 0 N–H and O–H groups in total. The first-order valence-electron chi connectivity index (χ1n) is 6.07. The molecule has 2 aromatic rings. The van der Waals surface area contributed by atoms with Gasteiger partial charge in [-0.15, -0.1) is 11.6 Å². The van der Waals surface area contributed by atoms with Crippen molar-refractivity contribution in [3.63, 3.8) is 0 Å². The molecule has 0 bridgehead atoms. The van der Waals surface area contributed by atoms with E-state index in [9.17, 15) is 0 Å². The van der Waals surface area contributed by atoms with E-state index >= 15 is 0 Å². The Labute approximate surface area is 129 Å². The lowest BCUT2D eigenvalue weighted by Gasteiger charge is -2.31. The summed E-state index contributed by atoms with van der Waals surface area (Å²) < 4.78 is 0. The molecule has 1 atom stereocenters. The van der Waals surface area contributed by atoms with E-state index in [1.165, 1.54) is 5.56 Å². The summed E-state index contributed by atoms with van der Waals surface area (Å²) in [6, 6.07) is 15.6. The minimum absolute atomic E-state index is 0.239. The molecule has 0 aromatic heterocycles. The minimum Gasteiger partial charge on any atom is -0.117 e. The van der Waals surface area contributed by atoms with E-state index in [1.807, 2.05) is 24.3 Å². The van der Waals surface area contributed by atoms with Crippen LogP contribution in [-0.2, 0) is 5.41 Å². The first-order chi connectivity index (χ1) is 8.93.